The molecule has 2 N–H and O–H groups in total. The lowest BCUT2D eigenvalue weighted by atomic mass is 9.92. The zero-order chi connectivity index (χ0) is 21.7. The predicted octanol–water partition coefficient (Wildman–Crippen LogP) is 1.62. The van der Waals surface area contributed by atoms with Crippen molar-refractivity contribution in [1.29, 1.82) is 0 Å². The van der Waals surface area contributed by atoms with Gasteiger partial charge in [0.1, 0.15) is 12.1 Å². The highest BCUT2D eigenvalue weighted by Crippen LogP contribution is 2.30. The minimum atomic E-state index is -0.998. The second kappa shape index (κ2) is 9.17. The summed E-state index contributed by atoms with van der Waals surface area (Å²) < 4.78 is 10.6. The van der Waals surface area contributed by atoms with Gasteiger partial charge in [-0.25, -0.2) is 9.69 Å². The molecule has 3 amide bonds. The average molecular weight is 413 g/mol. The van der Waals surface area contributed by atoms with Gasteiger partial charge in [0.05, 0.1) is 20.8 Å². The number of nitrogens with zero attached hydrogens (tertiary/aromatic N) is 1. The van der Waals surface area contributed by atoms with Crippen LogP contribution in [0.1, 0.15) is 25.0 Å². The van der Waals surface area contributed by atoms with E-state index in [0.717, 1.165) is 23.6 Å². The third kappa shape index (κ3) is 4.57. The SMILES string of the molecule is CC[NH+](Cc1ccccc1)CN1C(=O)N[C@](C)(Cc2ccc(OC)c(OC)c2)C1=O. The molecule has 0 aliphatic carbocycles. The summed E-state index contributed by atoms with van der Waals surface area (Å²) in [6.45, 7) is 5.71. The molecule has 0 aromatic heterocycles. The molecule has 7 heteroatoms. The van der Waals surface area contributed by atoms with Crippen molar-refractivity contribution in [2.24, 2.45) is 0 Å². The lowest BCUT2D eigenvalue weighted by Gasteiger charge is -2.24. The highest BCUT2D eigenvalue weighted by Gasteiger charge is 2.49. The molecule has 1 saturated heterocycles. The summed E-state index contributed by atoms with van der Waals surface area (Å²) in [7, 11) is 3.15. The highest BCUT2D eigenvalue weighted by atomic mass is 16.5. The van der Waals surface area contributed by atoms with Gasteiger partial charge in [0, 0.05) is 12.0 Å². The summed E-state index contributed by atoms with van der Waals surface area (Å²) >= 11 is 0. The van der Waals surface area contributed by atoms with Gasteiger partial charge in [-0.2, -0.15) is 0 Å². The van der Waals surface area contributed by atoms with Gasteiger partial charge in [0.25, 0.3) is 5.91 Å². The zero-order valence-corrected chi connectivity index (χ0v) is 18.0. The Morgan fingerprint density at radius 1 is 1.00 bits per heavy atom. The number of benzene rings is 2. The fraction of sp³-hybridized carbons (Fsp3) is 0.391. The largest absolute Gasteiger partial charge is 0.493 e. The maximum atomic E-state index is 13.2. The Labute approximate surface area is 177 Å². The quantitative estimate of drug-likeness (QED) is 0.614. The van der Waals surface area contributed by atoms with Gasteiger partial charge in [-0.3, -0.25) is 4.79 Å². The second-order valence-corrected chi connectivity index (χ2v) is 7.79. The molecule has 0 bridgehead atoms. The summed E-state index contributed by atoms with van der Waals surface area (Å²) in [5, 5.41) is 2.89. The van der Waals surface area contributed by atoms with Crippen LogP contribution in [0.3, 0.4) is 0 Å². The van der Waals surface area contributed by atoms with E-state index in [-0.39, 0.29) is 11.9 Å². The number of nitrogens with one attached hydrogen (secondary N) is 2. The van der Waals surface area contributed by atoms with Crippen molar-refractivity contribution in [3.05, 3.63) is 59.7 Å². The lowest BCUT2D eigenvalue weighted by Crippen LogP contribution is -3.12. The number of rotatable bonds is 9. The third-order valence-corrected chi connectivity index (χ3v) is 5.53. The van der Waals surface area contributed by atoms with E-state index in [9.17, 15) is 9.59 Å². The molecule has 1 heterocycles. The molecule has 1 fully saturated rings. The molecule has 2 aromatic carbocycles. The smallest absolute Gasteiger partial charge is 0.329 e. The van der Waals surface area contributed by atoms with Crippen molar-refractivity contribution in [1.82, 2.24) is 10.2 Å². The van der Waals surface area contributed by atoms with Crippen LogP contribution in [-0.4, -0.2) is 49.8 Å². The van der Waals surface area contributed by atoms with Gasteiger partial charge in [0.2, 0.25) is 0 Å². The van der Waals surface area contributed by atoms with E-state index in [1.54, 1.807) is 27.2 Å². The second-order valence-electron chi connectivity index (χ2n) is 7.79. The number of hydrogen-bond acceptors (Lipinski definition) is 4. The van der Waals surface area contributed by atoms with Crippen LogP contribution in [-0.2, 0) is 17.8 Å². The number of hydrogen-bond donors (Lipinski definition) is 2. The summed E-state index contributed by atoms with van der Waals surface area (Å²) in [5.74, 6) is 1.01. The Balaban J connectivity index is 1.72. The number of methoxy groups -OCH3 is 2. The maximum absolute atomic E-state index is 13.2. The summed E-state index contributed by atoms with van der Waals surface area (Å²) in [6, 6.07) is 15.3. The Hall–Kier alpha value is -3.06. The van der Waals surface area contributed by atoms with Crippen LogP contribution in [0.15, 0.2) is 48.5 Å². The Morgan fingerprint density at radius 2 is 1.70 bits per heavy atom. The molecule has 2 atom stereocenters. The number of quaternary nitrogens is 1. The third-order valence-electron chi connectivity index (χ3n) is 5.53. The van der Waals surface area contributed by atoms with Crippen LogP contribution in [0.25, 0.3) is 0 Å². The summed E-state index contributed by atoms with van der Waals surface area (Å²) in [5.41, 5.74) is 1.06. The minimum absolute atomic E-state index is 0.207. The normalized spacial score (nSPS) is 19.5. The molecule has 7 nitrogen and oxygen atoms in total. The molecule has 1 aliphatic heterocycles. The highest BCUT2D eigenvalue weighted by molar-refractivity contribution is 6.06. The van der Waals surface area contributed by atoms with Crippen LogP contribution in [0.5, 0.6) is 11.5 Å². The van der Waals surface area contributed by atoms with Crippen molar-refractivity contribution in [3.63, 3.8) is 0 Å². The van der Waals surface area contributed by atoms with E-state index in [2.05, 4.69) is 24.4 Å². The first-order chi connectivity index (χ1) is 14.4. The molecule has 30 heavy (non-hydrogen) atoms. The Bertz CT molecular complexity index is 903. The van der Waals surface area contributed by atoms with Gasteiger partial charge in [-0.15, -0.1) is 0 Å². The lowest BCUT2D eigenvalue weighted by molar-refractivity contribution is -0.919. The number of ether oxygens (including phenoxy) is 2. The van der Waals surface area contributed by atoms with Crippen LogP contribution in [0, 0.1) is 0 Å². The van der Waals surface area contributed by atoms with Crippen molar-refractivity contribution in [3.8, 4) is 11.5 Å². The van der Waals surface area contributed by atoms with Crippen molar-refractivity contribution in [2.75, 3.05) is 27.4 Å². The Kier molecular flexibility index (Phi) is 6.62. The van der Waals surface area contributed by atoms with Gasteiger partial charge in [-0.1, -0.05) is 36.4 Å². The molecule has 1 unspecified atom stereocenters. The number of imide groups is 1. The van der Waals surface area contributed by atoms with E-state index in [1.807, 2.05) is 30.3 Å². The van der Waals surface area contributed by atoms with Crippen LogP contribution in [0.2, 0.25) is 0 Å². The number of urea groups is 1. The van der Waals surface area contributed by atoms with Gasteiger partial charge < -0.3 is 19.7 Å². The van der Waals surface area contributed by atoms with E-state index < -0.39 is 5.54 Å². The summed E-state index contributed by atoms with van der Waals surface area (Å²) in [6.07, 6.45) is 0.370. The minimum Gasteiger partial charge on any atom is -0.493 e. The van der Waals surface area contributed by atoms with Gasteiger partial charge in [-0.05, 0) is 31.5 Å². The predicted molar refractivity (Wildman–Crippen MR) is 114 cm³/mol. The van der Waals surface area contributed by atoms with Gasteiger partial charge in [0.15, 0.2) is 18.2 Å². The molecule has 0 saturated carbocycles. The van der Waals surface area contributed by atoms with Crippen LogP contribution < -0.4 is 19.7 Å². The summed E-state index contributed by atoms with van der Waals surface area (Å²) in [4.78, 5) is 28.3. The first-order valence-corrected chi connectivity index (χ1v) is 10.1. The van der Waals surface area contributed by atoms with E-state index in [1.165, 1.54) is 10.5 Å². The molecular formula is C23H30N3O4+. The standard InChI is InChI=1S/C23H29N3O4/c1-5-25(15-17-9-7-6-8-10-17)16-26-21(27)23(2,24-22(26)28)14-18-11-12-19(29-3)20(13-18)30-4/h6-13H,5,14-16H2,1-4H3,(H,24,28)/p+1/t23-/m1/s1. The van der Waals surface area contributed by atoms with Crippen molar-refractivity contribution >= 4 is 11.9 Å². The van der Waals surface area contributed by atoms with Crippen LogP contribution in [0.4, 0.5) is 4.79 Å². The first-order valence-electron chi connectivity index (χ1n) is 10.1. The molecule has 1 aliphatic rings. The van der Waals surface area contributed by atoms with Crippen molar-refractivity contribution in [2.45, 2.75) is 32.4 Å². The zero-order valence-electron chi connectivity index (χ0n) is 18.0. The molecule has 0 radical (unpaired) electrons. The van der Waals surface area contributed by atoms with Crippen molar-refractivity contribution < 1.29 is 24.0 Å². The average Bonchev–Trinajstić information content (AvgIpc) is 2.96. The number of carbonyl (C=O) groups excluding carboxylic acids is 2. The molecule has 2 aromatic rings. The van der Waals surface area contributed by atoms with E-state index >= 15 is 0 Å². The molecule has 160 valence electrons. The number of amides is 3. The molecule has 0 spiro atoms. The Morgan fingerprint density at radius 3 is 2.33 bits per heavy atom. The van der Waals surface area contributed by atoms with E-state index in [4.69, 9.17) is 9.47 Å². The van der Waals surface area contributed by atoms with Crippen LogP contribution >= 0.6 is 0 Å². The van der Waals surface area contributed by atoms with E-state index in [0.29, 0.717) is 24.6 Å². The molecular weight excluding hydrogens is 382 g/mol. The van der Waals surface area contributed by atoms with Gasteiger partial charge >= 0.3 is 6.03 Å². The first kappa shape index (κ1) is 21.6. The maximum Gasteiger partial charge on any atom is 0.329 e. The molecule has 3 rings (SSSR count). The fourth-order valence-corrected chi connectivity index (χ4v) is 3.81. The fourth-order valence-electron chi connectivity index (χ4n) is 3.81. The number of carbonyl (C=O) groups is 2. The topological polar surface area (TPSA) is 72.3 Å². The monoisotopic (exact) mass is 412 g/mol.